The number of aromatic nitrogens is 3. The van der Waals surface area contributed by atoms with Gasteiger partial charge in [0.15, 0.2) is 5.82 Å². The van der Waals surface area contributed by atoms with E-state index in [-0.39, 0.29) is 12.5 Å². The van der Waals surface area contributed by atoms with E-state index in [9.17, 15) is 4.79 Å². The SMILES string of the molecule is CN(C)C(=O)CCn1cnnc1CO. The lowest BCUT2D eigenvalue weighted by atomic mass is 10.4. The molecule has 1 aromatic rings. The maximum absolute atomic E-state index is 11.2. The summed E-state index contributed by atoms with van der Waals surface area (Å²) in [6.45, 7) is 0.343. The van der Waals surface area contributed by atoms with Gasteiger partial charge in [-0.3, -0.25) is 4.79 Å². The Morgan fingerprint density at radius 1 is 1.64 bits per heavy atom. The topological polar surface area (TPSA) is 71.2 Å². The van der Waals surface area contributed by atoms with Crippen LogP contribution in [0.2, 0.25) is 0 Å². The number of aryl methyl sites for hydroxylation is 1. The third-order valence-electron chi connectivity index (χ3n) is 1.90. The highest BCUT2D eigenvalue weighted by atomic mass is 16.3. The van der Waals surface area contributed by atoms with Crippen LogP contribution in [0.15, 0.2) is 6.33 Å². The summed E-state index contributed by atoms with van der Waals surface area (Å²) in [6.07, 6.45) is 1.90. The number of carbonyl (C=O) groups is 1. The quantitative estimate of drug-likeness (QED) is 0.691. The molecule has 0 atom stereocenters. The van der Waals surface area contributed by atoms with Gasteiger partial charge in [-0.25, -0.2) is 0 Å². The van der Waals surface area contributed by atoms with Crippen molar-refractivity contribution in [3.05, 3.63) is 12.2 Å². The summed E-state index contributed by atoms with van der Waals surface area (Å²) >= 11 is 0. The first-order valence-corrected chi connectivity index (χ1v) is 4.33. The van der Waals surface area contributed by atoms with Gasteiger partial charge in [0, 0.05) is 27.1 Å². The Labute approximate surface area is 82.2 Å². The van der Waals surface area contributed by atoms with Gasteiger partial charge >= 0.3 is 0 Å². The van der Waals surface area contributed by atoms with Crippen molar-refractivity contribution in [2.75, 3.05) is 14.1 Å². The Morgan fingerprint density at radius 3 is 2.93 bits per heavy atom. The molecule has 14 heavy (non-hydrogen) atoms. The molecule has 1 aromatic heterocycles. The Morgan fingerprint density at radius 2 is 2.36 bits per heavy atom. The zero-order valence-electron chi connectivity index (χ0n) is 8.34. The van der Waals surface area contributed by atoms with Gasteiger partial charge in [-0.15, -0.1) is 10.2 Å². The maximum Gasteiger partial charge on any atom is 0.223 e. The summed E-state index contributed by atoms with van der Waals surface area (Å²) in [7, 11) is 3.42. The second-order valence-electron chi connectivity index (χ2n) is 3.14. The summed E-state index contributed by atoms with van der Waals surface area (Å²) in [5, 5.41) is 16.2. The number of rotatable bonds is 4. The van der Waals surface area contributed by atoms with Crippen molar-refractivity contribution in [1.29, 1.82) is 0 Å². The van der Waals surface area contributed by atoms with E-state index in [1.165, 1.54) is 11.2 Å². The molecule has 0 aliphatic rings. The van der Waals surface area contributed by atoms with Gasteiger partial charge in [0.25, 0.3) is 0 Å². The van der Waals surface area contributed by atoms with Crippen molar-refractivity contribution < 1.29 is 9.90 Å². The van der Waals surface area contributed by atoms with Crippen LogP contribution in [0, 0.1) is 0 Å². The normalized spacial score (nSPS) is 10.2. The second kappa shape index (κ2) is 4.71. The van der Waals surface area contributed by atoms with Gasteiger partial charge in [0.2, 0.25) is 5.91 Å². The number of hydrogen-bond donors (Lipinski definition) is 1. The number of amides is 1. The number of carbonyl (C=O) groups excluding carboxylic acids is 1. The summed E-state index contributed by atoms with van der Waals surface area (Å²) in [5.74, 6) is 0.527. The molecule has 1 rings (SSSR count). The van der Waals surface area contributed by atoms with Crippen molar-refractivity contribution in [3.8, 4) is 0 Å². The molecule has 0 aliphatic carbocycles. The highest BCUT2D eigenvalue weighted by Gasteiger charge is 2.06. The van der Waals surface area contributed by atoms with Crippen LogP contribution in [0.4, 0.5) is 0 Å². The van der Waals surface area contributed by atoms with Crippen molar-refractivity contribution in [2.45, 2.75) is 19.6 Å². The predicted octanol–water partition coefficient (Wildman–Crippen LogP) is -0.751. The third-order valence-corrected chi connectivity index (χ3v) is 1.90. The highest BCUT2D eigenvalue weighted by molar-refractivity contribution is 5.75. The first kappa shape index (κ1) is 10.6. The van der Waals surface area contributed by atoms with E-state index in [0.717, 1.165) is 0 Å². The number of aliphatic hydroxyl groups excluding tert-OH is 1. The Hall–Kier alpha value is -1.43. The minimum Gasteiger partial charge on any atom is -0.388 e. The Balaban J connectivity index is 2.49. The smallest absolute Gasteiger partial charge is 0.223 e. The van der Waals surface area contributed by atoms with E-state index < -0.39 is 0 Å². The molecule has 0 saturated heterocycles. The fourth-order valence-electron chi connectivity index (χ4n) is 1.03. The molecular formula is C8H14N4O2. The lowest BCUT2D eigenvalue weighted by Crippen LogP contribution is -2.23. The summed E-state index contributed by atoms with van der Waals surface area (Å²) in [4.78, 5) is 12.8. The van der Waals surface area contributed by atoms with E-state index in [1.54, 1.807) is 18.7 Å². The minimum atomic E-state index is -0.157. The van der Waals surface area contributed by atoms with E-state index >= 15 is 0 Å². The van der Waals surface area contributed by atoms with Gasteiger partial charge in [-0.05, 0) is 0 Å². The van der Waals surface area contributed by atoms with E-state index in [2.05, 4.69) is 10.2 Å². The zero-order chi connectivity index (χ0) is 10.6. The average molecular weight is 198 g/mol. The first-order valence-electron chi connectivity index (χ1n) is 4.33. The minimum absolute atomic E-state index is 0.0441. The van der Waals surface area contributed by atoms with E-state index in [1.807, 2.05) is 0 Å². The summed E-state index contributed by atoms with van der Waals surface area (Å²) in [5.41, 5.74) is 0. The molecule has 0 spiro atoms. The Kier molecular flexibility index (Phi) is 3.58. The number of hydrogen-bond acceptors (Lipinski definition) is 4. The molecule has 0 fully saturated rings. The van der Waals surface area contributed by atoms with Gasteiger partial charge in [0.05, 0.1) is 0 Å². The maximum atomic E-state index is 11.2. The number of nitrogens with zero attached hydrogens (tertiary/aromatic N) is 4. The zero-order valence-corrected chi connectivity index (χ0v) is 8.34. The van der Waals surface area contributed by atoms with Gasteiger partial charge in [-0.1, -0.05) is 0 Å². The molecule has 78 valence electrons. The largest absolute Gasteiger partial charge is 0.388 e. The van der Waals surface area contributed by atoms with Crippen LogP contribution in [0.3, 0.4) is 0 Å². The average Bonchev–Trinajstić information content (AvgIpc) is 2.60. The molecule has 1 amide bonds. The molecule has 0 bridgehead atoms. The van der Waals surface area contributed by atoms with Crippen molar-refractivity contribution in [3.63, 3.8) is 0 Å². The molecule has 0 unspecified atom stereocenters. The molecule has 1 N–H and O–H groups in total. The van der Waals surface area contributed by atoms with Gasteiger partial charge in [-0.2, -0.15) is 0 Å². The third kappa shape index (κ3) is 2.53. The van der Waals surface area contributed by atoms with E-state index in [4.69, 9.17) is 5.11 Å². The fraction of sp³-hybridized carbons (Fsp3) is 0.625. The second-order valence-corrected chi connectivity index (χ2v) is 3.14. The Bertz CT molecular complexity index is 308. The highest BCUT2D eigenvalue weighted by Crippen LogP contribution is 1.98. The lowest BCUT2D eigenvalue weighted by Gasteiger charge is -2.10. The van der Waals surface area contributed by atoms with Crippen LogP contribution < -0.4 is 0 Å². The van der Waals surface area contributed by atoms with Crippen molar-refractivity contribution in [2.24, 2.45) is 0 Å². The standard InChI is InChI=1S/C8H14N4O2/c1-11(2)8(14)3-4-12-6-9-10-7(12)5-13/h6,13H,3-5H2,1-2H3. The van der Waals surface area contributed by atoms with Crippen LogP contribution in [0.1, 0.15) is 12.2 Å². The van der Waals surface area contributed by atoms with Gasteiger partial charge < -0.3 is 14.6 Å². The molecule has 6 heteroatoms. The molecule has 0 radical (unpaired) electrons. The molecule has 0 aliphatic heterocycles. The predicted molar refractivity (Wildman–Crippen MR) is 49.3 cm³/mol. The molecule has 0 aromatic carbocycles. The first-order chi connectivity index (χ1) is 6.65. The summed E-state index contributed by atoms with van der Waals surface area (Å²) < 4.78 is 1.67. The van der Waals surface area contributed by atoms with Crippen molar-refractivity contribution in [1.82, 2.24) is 19.7 Å². The van der Waals surface area contributed by atoms with Gasteiger partial charge in [0.1, 0.15) is 12.9 Å². The summed E-state index contributed by atoms with van der Waals surface area (Å²) in [6, 6.07) is 0. The lowest BCUT2D eigenvalue weighted by molar-refractivity contribution is -0.128. The monoisotopic (exact) mass is 198 g/mol. The van der Waals surface area contributed by atoms with Crippen LogP contribution in [0.5, 0.6) is 0 Å². The molecule has 1 heterocycles. The van der Waals surface area contributed by atoms with Crippen LogP contribution in [-0.2, 0) is 17.9 Å². The number of aliphatic hydroxyl groups is 1. The molecule has 0 saturated carbocycles. The van der Waals surface area contributed by atoms with Crippen LogP contribution >= 0.6 is 0 Å². The van der Waals surface area contributed by atoms with Crippen LogP contribution in [-0.4, -0.2) is 44.8 Å². The van der Waals surface area contributed by atoms with Crippen molar-refractivity contribution >= 4 is 5.91 Å². The molecule has 6 nitrogen and oxygen atoms in total. The fourth-order valence-corrected chi connectivity index (χ4v) is 1.03. The van der Waals surface area contributed by atoms with E-state index in [0.29, 0.717) is 18.8 Å². The van der Waals surface area contributed by atoms with Crippen LogP contribution in [0.25, 0.3) is 0 Å². The molecular weight excluding hydrogens is 184 g/mol.